The number of anilines is 1. The summed E-state index contributed by atoms with van der Waals surface area (Å²) in [7, 11) is -3.72. The molecule has 0 atom stereocenters. The molecule has 124 valence electrons. The second kappa shape index (κ2) is 6.40. The van der Waals surface area contributed by atoms with Crippen molar-refractivity contribution in [2.45, 2.75) is 12.7 Å². The zero-order chi connectivity index (χ0) is 17.2. The molecular formula is C16H14FN3O3S. The SMILES string of the molecule is Cc1cc(CS(=O)(=O)Nc2cnccc2-c2cccc(F)c2)no1. The Morgan fingerprint density at radius 2 is 2.08 bits per heavy atom. The normalized spacial score (nSPS) is 11.4. The first-order chi connectivity index (χ1) is 11.4. The number of hydrogen-bond acceptors (Lipinski definition) is 5. The van der Waals surface area contributed by atoms with Gasteiger partial charge in [-0.05, 0) is 30.7 Å². The first kappa shape index (κ1) is 16.1. The topological polar surface area (TPSA) is 85.1 Å². The minimum Gasteiger partial charge on any atom is -0.361 e. The molecule has 0 radical (unpaired) electrons. The molecule has 0 amide bonds. The summed E-state index contributed by atoms with van der Waals surface area (Å²) in [6.45, 7) is 1.68. The van der Waals surface area contributed by atoms with Gasteiger partial charge in [-0.25, -0.2) is 12.8 Å². The number of aromatic nitrogens is 2. The zero-order valence-corrected chi connectivity index (χ0v) is 13.5. The van der Waals surface area contributed by atoms with E-state index >= 15 is 0 Å². The van der Waals surface area contributed by atoms with Crippen LogP contribution in [-0.2, 0) is 15.8 Å². The number of hydrogen-bond donors (Lipinski definition) is 1. The number of rotatable bonds is 5. The predicted octanol–water partition coefficient (Wildman–Crippen LogP) is 3.13. The Labute approximate surface area is 138 Å². The zero-order valence-electron chi connectivity index (χ0n) is 12.7. The fourth-order valence-corrected chi connectivity index (χ4v) is 3.36. The largest absolute Gasteiger partial charge is 0.361 e. The molecule has 2 heterocycles. The molecule has 3 aromatic rings. The molecule has 0 saturated heterocycles. The third kappa shape index (κ3) is 3.77. The lowest BCUT2D eigenvalue weighted by atomic mass is 10.1. The minimum atomic E-state index is -3.72. The molecule has 0 saturated carbocycles. The Balaban J connectivity index is 1.90. The van der Waals surface area contributed by atoms with Gasteiger partial charge in [0, 0.05) is 17.8 Å². The summed E-state index contributed by atoms with van der Waals surface area (Å²) < 4.78 is 45.4. The summed E-state index contributed by atoms with van der Waals surface area (Å²) in [4.78, 5) is 3.93. The molecule has 0 spiro atoms. The number of sulfonamides is 1. The lowest BCUT2D eigenvalue weighted by Crippen LogP contribution is -2.16. The first-order valence-corrected chi connectivity index (χ1v) is 8.71. The first-order valence-electron chi connectivity index (χ1n) is 7.05. The molecule has 8 heteroatoms. The van der Waals surface area contributed by atoms with Crippen LogP contribution in [0.2, 0.25) is 0 Å². The molecule has 0 fully saturated rings. The molecule has 0 aliphatic rings. The summed E-state index contributed by atoms with van der Waals surface area (Å²) in [5, 5.41) is 3.68. The van der Waals surface area contributed by atoms with E-state index < -0.39 is 15.8 Å². The second-order valence-electron chi connectivity index (χ2n) is 5.22. The fourth-order valence-electron chi connectivity index (χ4n) is 2.27. The van der Waals surface area contributed by atoms with Crippen molar-refractivity contribution in [1.82, 2.24) is 10.1 Å². The van der Waals surface area contributed by atoms with Crippen LogP contribution in [0.15, 0.2) is 53.3 Å². The molecule has 0 bridgehead atoms. The lowest BCUT2D eigenvalue weighted by molar-refractivity contribution is 0.392. The van der Waals surface area contributed by atoms with E-state index in [-0.39, 0.29) is 11.4 Å². The van der Waals surface area contributed by atoms with E-state index in [0.717, 1.165) is 0 Å². The summed E-state index contributed by atoms with van der Waals surface area (Å²) in [6.07, 6.45) is 2.89. The van der Waals surface area contributed by atoms with Crippen molar-refractivity contribution < 1.29 is 17.3 Å². The van der Waals surface area contributed by atoms with Crippen LogP contribution in [0.5, 0.6) is 0 Å². The van der Waals surface area contributed by atoms with Crippen molar-refractivity contribution in [2.75, 3.05) is 4.72 Å². The molecule has 0 unspecified atom stereocenters. The van der Waals surface area contributed by atoms with Crippen LogP contribution < -0.4 is 4.72 Å². The van der Waals surface area contributed by atoms with Gasteiger partial charge in [0.1, 0.15) is 23.0 Å². The van der Waals surface area contributed by atoms with Gasteiger partial charge in [-0.1, -0.05) is 17.3 Å². The fraction of sp³-hybridized carbons (Fsp3) is 0.125. The van der Waals surface area contributed by atoms with E-state index in [9.17, 15) is 12.8 Å². The average molecular weight is 347 g/mol. The highest BCUT2D eigenvalue weighted by molar-refractivity contribution is 7.91. The van der Waals surface area contributed by atoms with Crippen LogP contribution in [0.1, 0.15) is 11.5 Å². The molecule has 0 aliphatic heterocycles. The number of nitrogens with zero attached hydrogens (tertiary/aromatic N) is 2. The number of pyridine rings is 1. The maximum atomic E-state index is 13.4. The van der Waals surface area contributed by atoms with Gasteiger partial charge in [-0.15, -0.1) is 0 Å². The van der Waals surface area contributed by atoms with Gasteiger partial charge < -0.3 is 4.52 Å². The average Bonchev–Trinajstić information content (AvgIpc) is 2.91. The monoisotopic (exact) mass is 347 g/mol. The van der Waals surface area contributed by atoms with Crippen molar-refractivity contribution in [3.05, 3.63) is 66.1 Å². The summed E-state index contributed by atoms with van der Waals surface area (Å²) in [5.41, 5.74) is 1.65. The quantitative estimate of drug-likeness (QED) is 0.766. The predicted molar refractivity (Wildman–Crippen MR) is 87.1 cm³/mol. The minimum absolute atomic E-state index is 0.267. The van der Waals surface area contributed by atoms with Gasteiger partial charge in [-0.3, -0.25) is 9.71 Å². The number of benzene rings is 1. The van der Waals surface area contributed by atoms with E-state index in [0.29, 0.717) is 22.6 Å². The van der Waals surface area contributed by atoms with E-state index in [4.69, 9.17) is 4.52 Å². The Bertz CT molecular complexity index is 970. The van der Waals surface area contributed by atoms with Gasteiger partial charge in [0.05, 0.1) is 11.9 Å². The van der Waals surface area contributed by atoms with Gasteiger partial charge >= 0.3 is 0 Å². The summed E-state index contributed by atoms with van der Waals surface area (Å²) in [6, 6.07) is 9.07. The van der Waals surface area contributed by atoms with Crippen molar-refractivity contribution in [1.29, 1.82) is 0 Å². The molecule has 1 N–H and O–H groups in total. The highest BCUT2D eigenvalue weighted by atomic mass is 32.2. The molecule has 0 aliphatic carbocycles. The van der Waals surface area contributed by atoms with E-state index in [2.05, 4.69) is 14.9 Å². The molecule has 24 heavy (non-hydrogen) atoms. The Morgan fingerprint density at radius 1 is 1.25 bits per heavy atom. The number of halogens is 1. The Morgan fingerprint density at radius 3 is 2.79 bits per heavy atom. The van der Waals surface area contributed by atoms with Crippen molar-refractivity contribution in [2.24, 2.45) is 0 Å². The van der Waals surface area contributed by atoms with Crippen LogP contribution in [0.3, 0.4) is 0 Å². The maximum Gasteiger partial charge on any atom is 0.238 e. The van der Waals surface area contributed by atoms with E-state index in [1.807, 2.05) is 0 Å². The molecule has 2 aromatic heterocycles. The van der Waals surface area contributed by atoms with Gasteiger partial charge in [0.2, 0.25) is 10.0 Å². The highest BCUT2D eigenvalue weighted by Gasteiger charge is 2.17. The van der Waals surface area contributed by atoms with Crippen LogP contribution in [-0.4, -0.2) is 18.6 Å². The van der Waals surface area contributed by atoms with Crippen LogP contribution in [0, 0.1) is 12.7 Å². The summed E-state index contributed by atoms with van der Waals surface area (Å²) in [5.74, 6) is -0.208. The number of nitrogens with one attached hydrogen (secondary N) is 1. The van der Waals surface area contributed by atoms with Gasteiger partial charge in [-0.2, -0.15) is 0 Å². The smallest absolute Gasteiger partial charge is 0.238 e. The van der Waals surface area contributed by atoms with Crippen molar-refractivity contribution in [3.8, 4) is 11.1 Å². The number of aryl methyl sites for hydroxylation is 1. The third-order valence-corrected chi connectivity index (χ3v) is 4.44. The third-order valence-electron chi connectivity index (χ3n) is 3.24. The van der Waals surface area contributed by atoms with Gasteiger partial charge in [0.15, 0.2) is 0 Å². The van der Waals surface area contributed by atoms with E-state index in [1.165, 1.54) is 24.5 Å². The molecule has 6 nitrogen and oxygen atoms in total. The van der Waals surface area contributed by atoms with Crippen LogP contribution in [0.4, 0.5) is 10.1 Å². The Hall–Kier alpha value is -2.74. The Kier molecular flexibility index (Phi) is 4.30. The van der Waals surface area contributed by atoms with Crippen LogP contribution in [0.25, 0.3) is 11.1 Å². The molecule has 1 aromatic carbocycles. The highest BCUT2D eigenvalue weighted by Crippen LogP contribution is 2.28. The molecular weight excluding hydrogens is 333 g/mol. The molecule has 3 rings (SSSR count). The van der Waals surface area contributed by atoms with E-state index in [1.54, 1.807) is 31.2 Å². The standard InChI is InChI=1S/C16H14FN3O3S/c1-11-7-14(19-23-11)10-24(21,22)20-16-9-18-6-5-15(16)12-3-2-4-13(17)8-12/h2-9,20H,10H2,1H3. The van der Waals surface area contributed by atoms with Crippen molar-refractivity contribution >= 4 is 15.7 Å². The van der Waals surface area contributed by atoms with Crippen molar-refractivity contribution in [3.63, 3.8) is 0 Å². The second-order valence-corrected chi connectivity index (χ2v) is 6.94. The van der Waals surface area contributed by atoms with Crippen LogP contribution >= 0.6 is 0 Å². The van der Waals surface area contributed by atoms with Gasteiger partial charge in [0.25, 0.3) is 0 Å². The lowest BCUT2D eigenvalue weighted by Gasteiger charge is -2.11. The summed E-state index contributed by atoms with van der Waals surface area (Å²) >= 11 is 0. The maximum absolute atomic E-state index is 13.4.